The monoisotopic (exact) mass is 244 g/mol. The summed E-state index contributed by atoms with van der Waals surface area (Å²) in [5.41, 5.74) is 0. The Hall–Kier alpha value is -0.630. The number of ether oxygens (including phenoxy) is 1. The molecule has 0 N–H and O–H groups in total. The van der Waals surface area contributed by atoms with Crippen LogP contribution in [0.15, 0.2) is 12.7 Å². The van der Waals surface area contributed by atoms with Crippen molar-refractivity contribution in [2.75, 3.05) is 7.11 Å². The minimum absolute atomic E-state index is 0.0185. The summed E-state index contributed by atoms with van der Waals surface area (Å²) in [5.74, 6) is 0.741. The molecule has 0 saturated carbocycles. The van der Waals surface area contributed by atoms with E-state index in [9.17, 15) is 4.79 Å². The molecular formula is C15H32O2. The summed E-state index contributed by atoms with van der Waals surface area (Å²) < 4.78 is 5.31. The van der Waals surface area contributed by atoms with E-state index in [1.807, 2.05) is 13.8 Å². The van der Waals surface area contributed by atoms with E-state index >= 15 is 0 Å². The number of carbonyl (C=O) groups excluding carboxylic acids is 1. The van der Waals surface area contributed by atoms with Gasteiger partial charge in [0.2, 0.25) is 0 Å². The SMILES string of the molecule is C=CC(C)=O.CC.CCC[C@H](C)C(CC)OC. The molecule has 104 valence electrons. The summed E-state index contributed by atoms with van der Waals surface area (Å²) in [6.07, 6.45) is 5.44. The van der Waals surface area contributed by atoms with Crippen molar-refractivity contribution in [3.63, 3.8) is 0 Å². The van der Waals surface area contributed by atoms with E-state index in [1.165, 1.54) is 25.8 Å². The second kappa shape index (κ2) is 17.8. The first-order valence-corrected chi connectivity index (χ1v) is 6.69. The van der Waals surface area contributed by atoms with E-state index in [0.29, 0.717) is 6.10 Å². The molecule has 0 spiro atoms. The number of carbonyl (C=O) groups is 1. The van der Waals surface area contributed by atoms with Crippen LogP contribution >= 0.6 is 0 Å². The summed E-state index contributed by atoms with van der Waals surface area (Å²) in [4.78, 5) is 9.69. The Morgan fingerprint density at radius 1 is 1.35 bits per heavy atom. The standard InChI is InChI=1S/C9H20O.C4H6O.C2H6/c1-5-7-8(3)9(6-2)10-4;1-3-4(2)5;1-2/h8-9H,5-7H2,1-4H3;3H,1H2,2H3;1-2H3/t8-,9?;;/m0../s1. The van der Waals surface area contributed by atoms with E-state index in [2.05, 4.69) is 27.4 Å². The maximum Gasteiger partial charge on any atom is 0.152 e. The van der Waals surface area contributed by atoms with E-state index in [0.717, 1.165) is 12.3 Å². The van der Waals surface area contributed by atoms with E-state index in [-0.39, 0.29) is 5.78 Å². The fraction of sp³-hybridized carbons (Fsp3) is 0.800. The number of rotatable bonds is 6. The van der Waals surface area contributed by atoms with E-state index < -0.39 is 0 Å². The Morgan fingerprint density at radius 3 is 1.94 bits per heavy atom. The minimum Gasteiger partial charge on any atom is -0.381 e. The Bertz CT molecular complexity index is 160. The van der Waals surface area contributed by atoms with Gasteiger partial charge in [-0.3, -0.25) is 4.79 Å². The van der Waals surface area contributed by atoms with Crippen molar-refractivity contribution in [1.82, 2.24) is 0 Å². The lowest BCUT2D eigenvalue weighted by atomic mass is 9.98. The van der Waals surface area contributed by atoms with Gasteiger partial charge in [-0.1, -0.05) is 47.6 Å². The molecule has 17 heavy (non-hydrogen) atoms. The first-order valence-electron chi connectivity index (χ1n) is 6.69. The molecule has 0 bridgehead atoms. The zero-order valence-electron chi connectivity index (χ0n) is 12.9. The third-order valence-corrected chi connectivity index (χ3v) is 2.37. The Morgan fingerprint density at radius 2 is 1.76 bits per heavy atom. The number of allylic oxidation sites excluding steroid dienone is 1. The molecule has 2 nitrogen and oxygen atoms in total. The summed E-state index contributed by atoms with van der Waals surface area (Å²) in [7, 11) is 1.81. The topological polar surface area (TPSA) is 26.3 Å². The smallest absolute Gasteiger partial charge is 0.152 e. The number of ketones is 1. The normalized spacial score (nSPS) is 12.2. The average molecular weight is 244 g/mol. The number of hydrogen-bond donors (Lipinski definition) is 0. The minimum atomic E-state index is 0.0185. The van der Waals surface area contributed by atoms with Gasteiger partial charge < -0.3 is 4.74 Å². The van der Waals surface area contributed by atoms with Gasteiger partial charge in [0.1, 0.15) is 0 Å². The van der Waals surface area contributed by atoms with Crippen LogP contribution in [0.4, 0.5) is 0 Å². The molecule has 0 aliphatic carbocycles. The van der Waals surface area contributed by atoms with Crippen LogP contribution in [0.2, 0.25) is 0 Å². The summed E-state index contributed by atoms with van der Waals surface area (Å²) >= 11 is 0. The molecule has 0 fully saturated rings. The molecule has 0 aliphatic rings. The molecular weight excluding hydrogens is 212 g/mol. The van der Waals surface area contributed by atoms with Crippen molar-refractivity contribution in [1.29, 1.82) is 0 Å². The fourth-order valence-corrected chi connectivity index (χ4v) is 1.44. The van der Waals surface area contributed by atoms with Crippen LogP contribution in [-0.4, -0.2) is 19.0 Å². The van der Waals surface area contributed by atoms with Gasteiger partial charge in [0.05, 0.1) is 6.10 Å². The molecule has 0 saturated heterocycles. The van der Waals surface area contributed by atoms with Crippen LogP contribution in [0.5, 0.6) is 0 Å². The van der Waals surface area contributed by atoms with E-state index in [4.69, 9.17) is 4.74 Å². The van der Waals surface area contributed by atoms with Gasteiger partial charge in [0.15, 0.2) is 5.78 Å². The van der Waals surface area contributed by atoms with Gasteiger partial charge in [0.25, 0.3) is 0 Å². The molecule has 0 aliphatic heterocycles. The van der Waals surface area contributed by atoms with Crippen molar-refractivity contribution in [3.05, 3.63) is 12.7 Å². The van der Waals surface area contributed by atoms with Crippen molar-refractivity contribution in [2.24, 2.45) is 5.92 Å². The molecule has 0 heterocycles. The maximum atomic E-state index is 9.69. The van der Waals surface area contributed by atoms with Gasteiger partial charge >= 0.3 is 0 Å². The molecule has 2 heteroatoms. The van der Waals surface area contributed by atoms with Crippen molar-refractivity contribution < 1.29 is 9.53 Å². The number of hydrogen-bond acceptors (Lipinski definition) is 2. The highest BCUT2D eigenvalue weighted by Gasteiger charge is 2.12. The molecule has 0 rings (SSSR count). The average Bonchev–Trinajstić information content (AvgIpc) is 2.34. The third-order valence-electron chi connectivity index (χ3n) is 2.37. The summed E-state index contributed by atoms with van der Waals surface area (Å²) in [6.45, 7) is 15.3. The van der Waals surface area contributed by atoms with Crippen LogP contribution in [0.3, 0.4) is 0 Å². The number of methoxy groups -OCH3 is 1. The van der Waals surface area contributed by atoms with Gasteiger partial charge in [-0.05, 0) is 31.8 Å². The highest BCUT2D eigenvalue weighted by atomic mass is 16.5. The Balaban J connectivity index is -0.000000236. The van der Waals surface area contributed by atoms with Crippen LogP contribution in [0, 0.1) is 5.92 Å². The lowest BCUT2D eigenvalue weighted by molar-refractivity contribution is -0.112. The van der Waals surface area contributed by atoms with Gasteiger partial charge in [-0.15, -0.1) is 0 Å². The van der Waals surface area contributed by atoms with Crippen molar-refractivity contribution in [3.8, 4) is 0 Å². The zero-order chi connectivity index (χ0) is 14.3. The second-order valence-electron chi connectivity index (χ2n) is 3.76. The molecule has 2 atom stereocenters. The largest absolute Gasteiger partial charge is 0.381 e. The summed E-state index contributed by atoms with van der Waals surface area (Å²) in [5, 5.41) is 0. The van der Waals surface area contributed by atoms with Crippen LogP contribution in [-0.2, 0) is 9.53 Å². The predicted molar refractivity (Wildman–Crippen MR) is 77.4 cm³/mol. The van der Waals surface area contributed by atoms with Gasteiger partial charge in [-0.2, -0.15) is 0 Å². The zero-order valence-corrected chi connectivity index (χ0v) is 12.9. The Labute approximate surface area is 108 Å². The van der Waals surface area contributed by atoms with Crippen molar-refractivity contribution in [2.45, 2.75) is 66.9 Å². The lowest BCUT2D eigenvalue weighted by Gasteiger charge is -2.20. The lowest BCUT2D eigenvalue weighted by Crippen LogP contribution is -2.18. The highest BCUT2D eigenvalue weighted by molar-refractivity contribution is 5.86. The van der Waals surface area contributed by atoms with E-state index in [1.54, 1.807) is 7.11 Å². The first kappa shape index (κ1) is 21.6. The fourth-order valence-electron chi connectivity index (χ4n) is 1.44. The van der Waals surface area contributed by atoms with Crippen LogP contribution in [0.25, 0.3) is 0 Å². The molecule has 0 aromatic rings. The molecule has 0 amide bonds. The Kier molecular flexibility index (Phi) is 22.6. The maximum absolute atomic E-state index is 9.69. The third kappa shape index (κ3) is 18.0. The quantitative estimate of drug-likeness (QED) is 0.636. The first-order chi connectivity index (χ1) is 8.03. The molecule has 0 aromatic carbocycles. The van der Waals surface area contributed by atoms with Crippen LogP contribution < -0.4 is 0 Å². The predicted octanol–water partition coefficient (Wildman–Crippen LogP) is 4.64. The van der Waals surface area contributed by atoms with Crippen molar-refractivity contribution >= 4 is 5.78 Å². The molecule has 1 unspecified atom stereocenters. The highest BCUT2D eigenvalue weighted by Crippen LogP contribution is 2.15. The van der Waals surface area contributed by atoms with Gasteiger partial charge in [0, 0.05) is 7.11 Å². The van der Waals surface area contributed by atoms with Gasteiger partial charge in [-0.25, -0.2) is 0 Å². The van der Waals surface area contributed by atoms with Crippen LogP contribution in [0.1, 0.15) is 60.8 Å². The second-order valence-corrected chi connectivity index (χ2v) is 3.76. The summed E-state index contributed by atoms with van der Waals surface area (Å²) in [6, 6.07) is 0. The molecule has 0 aromatic heterocycles. The molecule has 0 radical (unpaired) electrons.